The molecule has 6 heteroatoms. The Morgan fingerprint density at radius 3 is 2.00 bits per heavy atom. The van der Waals surface area contributed by atoms with Crippen molar-refractivity contribution in [3.63, 3.8) is 0 Å². The van der Waals surface area contributed by atoms with E-state index in [0.29, 0.717) is 6.61 Å². The second-order valence-corrected chi connectivity index (χ2v) is 11.1. The third kappa shape index (κ3) is 13.0. The Morgan fingerprint density at radius 1 is 0.824 bits per heavy atom. The van der Waals surface area contributed by atoms with Gasteiger partial charge in [-0.25, -0.2) is 0 Å². The van der Waals surface area contributed by atoms with E-state index >= 15 is 0 Å². The van der Waals surface area contributed by atoms with Crippen LogP contribution in [0.5, 0.6) is 0 Å². The number of hydrogen-bond donors (Lipinski definition) is 4. The van der Waals surface area contributed by atoms with Gasteiger partial charge in [0, 0.05) is 0 Å². The Balaban J connectivity index is 2.10. The lowest BCUT2D eigenvalue weighted by Crippen LogP contribution is -2.59. The second kappa shape index (κ2) is 17.9. The van der Waals surface area contributed by atoms with Crippen LogP contribution in [0.4, 0.5) is 0 Å². The van der Waals surface area contributed by atoms with Gasteiger partial charge in [0.2, 0.25) is 0 Å². The van der Waals surface area contributed by atoms with Crippen LogP contribution in [-0.2, 0) is 9.47 Å². The minimum atomic E-state index is -1.39. The molecular weight excluding hydrogens is 432 g/mol. The van der Waals surface area contributed by atoms with E-state index in [9.17, 15) is 20.4 Å². The molecular formula is C28H54O6. The van der Waals surface area contributed by atoms with Gasteiger partial charge in [0.15, 0.2) is 6.29 Å². The fraction of sp³-hybridized carbons (Fsp3) is 0.929. The number of hydrogen-bond acceptors (Lipinski definition) is 6. The van der Waals surface area contributed by atoms with Crippen LogP contribution >= 0.6 is 0 Å². The van der Waals surface area contributed by atoms with Crippen molar-refractivity contribution < 1.29 is 29.9 Å². The minimum absolute atomic E-state index is 0.374. The summed E-state index contributed by atoms with van der Waals surface area (Å²) >= 11 is 0. The predicted octanol–water partition coefficient (Wildman–Crippen LogP) is 4.97. The first-order valence-corrected chi connectivity index (χ1v) is 13.7. The monoisotopic (exact) mass is 486 g/mol. The van der Waals surface area contributed by atoms with Gasteiger partial charge in [-0.1, -0.05) is 84.3 Å². The smallest absolute Gasteiger partial charge is 0.186 e. The highest BCUT2D eigenvalue weighted by molar-refractivity contribution is 4.97. The molecule has 0 saturated carbocycles. The van der Waals surface area contributed by atoms with Gasteiger partial charge in [-0.05, 0) is 50.4 Å². The van der Waals surface area contributed by atoms with Crippen molar-refractivity contribution in [2.75, 3.05) is 13.2 Å². The molecule has 0 aromatic carbocycles. The van der Waals surface area contributed by atoms with Crippen LogP contribution in [0, 0.1) is 17.8 Å². The number of aliphatic hydroxyl groups excluding tert-OH is 4. The van der Waals surface area contributed by atoms with Gasteiger partial charge in [-0.2, -0.15) is 0 Å². The molecule has 34 heavy (non-hydrogen) atoms. The molecule has 1 heterocycles. The third-order valence-electron chi connectivity index (χ3n) is 7.11. The first-order chi connectivity index (χ1) is 16.1. The summed E-state index contributed by atoms with van der Waals surface area (Å²) in [5.74, 6) is 2.48. The average molecular weight is 487 g/mol. The van der Waals surface area contributed by atoms with E-state index in [0.717, 1.165) is 37.0 Å². The summed E-state index contributed by atoms with van der Waals surface area (Å²) in [6.45, 7) is 11.5. The number of allylic oxidation sites excluding steroid dienone is 2. The van der Waals surface area contributed by atoms with E-state index in [1.54, 1.807) is 0 Å². The van der Waals surface area contributed by atoms with Gasteiger partial charge >= 0.3 is 0 Å². The topological polar surface area (TPSA) is 99.4 Å². The normalized spacial score (nSPS) is 27.8. The maximum absolute atomic E-state index is 9.99. The van der Waals surface area contributed by atoms with E-state index in [1.165, 1.54) is 56.9 Å². The Hall–Kier alpha value is -0.500. The molecule has 7 atom stereocenters. The fourth-order valence-corrected chi connectivity index (χ4v) is 4.65. The van der Waals surface area contributed by atoms with Crippen LogP contribution < -0.4 is 0 Å². The summed E-state index contributed by atoms with van der Waals surface area (Å²) in [6.07, 6.45) is 9.70. The molecule has 0 aliphatic carbocycles. The molecule has 1 saturated heterocycles. The van der Waals surface area contributed by atoms with Gasteiger partial charge in [0.1, 0.15) is 24.4 Å². The van der Waals surface area contributed by atoms with E-state index in [2.05, 4.69) is 40.7 Å². The molecule has 1 aliphatic heterocycles. The lowest BCUT2D eigenvalue weighted by molar-refractivity contribution is -0.301. The van der Waals surface area contributed by atoms with E-state index in [-0.39, 0.29) is 0 Å². The Morgan fingerprint density at radius 2 is 1.41 bits per heavy atom. The van der Waals surface area contributed by atoms with Gasteiger partial charge in [-0.3, -0.25) is 0 Å². The van der Waals surface area contributed by atoms with Gasteiger partial charge in [-0.15, -0.1) is 0 Å². The number of aliphatic hydroxyl groups is 4. The third-order valence-corrected chi connectivity index (χ3v) is 7.11. The van der Waals surface area contributed by atoms with Crippen LogP contribution in [0.25, 0.3) is 0 Å². The van der Waals surface area contributed by atoms with Crippen molar-refractivity contribution >= 4 is 0 Å². The SMILES string of the molecule is C/C(=C\CCCOC1OC(CO)C(O)C(O)C1O)CCCC(C)CCCC(C)CCCC(C)C. The zero-order valence-electron chi connectivity index (χ0n) is 22.5. The Labute approximate surface area is 208 Å². The van der Waals surface area contributed by atoms with Crippen LogP contribution in [0.3, 0.4) is 0 Å². The summed E-state index contributed by atoms with van der Waals surface area (Å²) in [6, 6.07) is 0. The van der Waals surface area contributed by atoms with Gasteiger partial charge < -0.3 is 29.9 Å². The molecule has 1 aliphatic rings. The standard InChI is InChI=1S/C28H54O6/c1-20(2)11-8-13-22(4)15-10-17-23(5)16-9-14-21(3)12-6-7-18-33-28-27(32)26(31)25(30)24(19-29)34-28/h12,20,22-32H,6-11,13-19H2,1-5H3/b21-12+. The van der Waals surface area contributed by atoms with E-state index < -0.39 is 37.3 Å². The lowest BCUT2D eigenvalue weighted by atomic mass is 9.91. The zero-order chi connectivity index (χ0) is 25.5. The molecule has 0 bridgehead atoms. The molecule has 4 N–H and O–H groups in total. The highest BCUT2D eigenvalue weighted by atomic mass is 16.7. The number of unbranched alkanes of at least 4 members (excludes halogenated alkanes) is 1. The molecule has 0 amide bonds. The van der Waals surface area contributed by atoms with Crippen molar-refractivity contribution in [3.8, 4) is 0 Å². The molecule has 0 aromatic heterocycles. The Kier molecular flexibility index (Phi) is 16.6. The molecule has 202 valence electrons. The quantitative estimate of drug-likeness (QED) is 0.161. The van der Waals surface area contributed by atoms with Crippen LogP contribution in [-0.4, -0.2) is 64.3 Å². The molecule has 0 radical (unpaired) electrons. The molecule has 7 unspecified atom stereocenters. The minimum Gasteiger partial charge on any atom is -0.394 e. The summed E-state index contributed by atoms with van der Waals surface area (Å²) in [5, 5.41) is 38.8. The van der Waals surface area contributed by atoms with Crippen molar-refractivity contribution in [1.82, 2.24) is 0 Å². The Bertz CT molecular complexity index is 535. The van der Waals surface area contributed by atoms with Crippen LogP contribution in [0.15, 0.2) is 11.6 Å². The maximum Gasteiger partial charge on any atom is 0.186 e. The zero-order valence-corrected chi connectivity index (χ0v) is 22.5. The van der Waals surface area contributed by atoms with E-state index in [4.69, 9.17) is 9.47 Å². The molecule has 0 spiro atoms. The van der Waals surface area contributed by atoms with Crippen molar-refractivity contribution in [2.45, 2.75) is 136 Å². The fourth-order valence-electron chi connectivity index (χ4n) is 4.65. The summed E-state index contributed by atoms with van der Waals surface area (Å²) < 4.78 is 10.9. The van der Waals surface area contributed by atoms with E-state index in [1.807, 2.05) is 0 Å². The van der Waals surface area contributed by atoms with Crippen LogP contribution in [0.2, 0.25) is 0 Å². The summed E-state index contributed by atoms with van der Waals surface area (Å²) in [7, 11) is 0. The number of ether oxygens (including phenoxy) is 2. The van der Waals surface area contributed by atoms with Crippen LogP contribution in [0.1, 0.15) is 105 Å². The highest BCUT2D eigenvalue weighted by Gasteiger charge is 2.43. The summed E-state index contributed by atoms with van der Waals surface area (Å²) in [4.78, 5) is 0. The molecule has 6 nitrogen and oxygen atoms in total. The lowest BCUT2D eigenvalue weighted by Gasteiger charge is -2.39. The second-order valence-electron chi connectivity index (χ2n) is 11.1. The molecule has 1 rings (SSSR count). The number of rotatable bonds is 18. The van der Waals surface area contributed by atoms with Crippen molar-refractivity contribution in [2.24, 2.45) is 17.8 Å². The van der Waals surface area contributed by atoms with Gasteiger partial charge in [0.05, 0.1) is 13.2 Å². The van der Waals surface area contributed by atoms with Gasteiger partial charge in [0.25, 0.3) is 0 Å². The first kappa shape index (κ1) is 31.5. The average Bonchev–Trinajstić information content (AvgIpc) is 2.78. The predicted molar refractivity (Wildman–Crippen MR) is 137 cm³/mol. The van der Waals surface area contributed by atoms with Crippen molar-refractivity contribution in [1.29, 1.82) is 0 Å². The largest absolute Gasteiger partial charge is 0.394 e. The first-order valence-electron chi connectivity index (χ1n) is 13.7. The highest BCUT2D eigenvalue weighted by Crippen LogP contribution is 2.23. The molecule has 1 fully saturated rings. The van der Waals surface area contributed by atoms with Crippen molar-refractivity contribution in [3.05, 3.63) is 11.6 Å². The maximum atomic E-state index is 9.99. The molecule has 0 aromatic rings. The summed E-state index contributed by atoms with van der Waals surface area (Å²) in [5.41, 5.74) is 1.40.